The van der Waals surface area contributed by atoms with Crippen molar-refractivity contribution >= 4 is 21.7 Å². The minimum atomic E-state index is -4.67. The fourth-order valence-electron chi connectivity index (χ4n) is 1.97. The van der Waals surface area contributed by atoms with Crippen molar-refractivity contribution in [3.63, 3.8) is 0 Å². The monoisotopic (exact) mass is 360 g/mol. The molecule has 0 saturated carbocycles. The molecule has 1 nitrogen and oxygen atoms in total. The van der Waals surface area contributed by atoms with Gasteiger partial charge in [-0.15, -0.1) is 0 Å². The van der Waals surface area contributed by atoms with E-state index in [1.165, 1.54) is 18.2 Å². The van der Waals surface area contributed by atoms with Crippen LogP contribution in [0, 0.1) is 12.7 Å². The summed E-state index contributed by atoms with van der Waals surface area (Å²) in [5.41, 5.74) is -1.20. The number of ketones is 1. The summed E-state index contributed by atoms with van der Waals surface area (Å²) < 4.78 is 52.6. The second-order valence-electron chi connectivity index (χ2n) is 4.53. The molecule has 0 saturated heterocycles. The van der Waals surface area contributed by atoms with E-state index in [0.717, 1.165) is 18.2 Å². The predicted molar refractivity (Wildman–Crippen MR) is 73.7 cm³/mol. The molecule has 2 aromatic rings. The normalized spacial score (nSPS) is 11.5. The van der Waals surface area contributed by atoms with Crippen LogP contribution < -0.4 is 0 Å². The van der Waals surface area contributed by atoms with Gasteiger partial charge in [-0.2, -0.15) is 13.2 Å². The Bertz CT molecular complexity index is 687. The van der Waals surface area contributed by atoms with Crippen molar-refractivity contribution in [1.82, 2.24) is 0 Å². The Morgan fingerprint density at radius 3 is 2.33 bits per heavy atom. The first-order valence-corrected chi connectivity index (χ1v) is 6.66. The highest BCUT2D eigenvalue weighted by Gasteiger charge is 2.35. The van der Waals surface area contributed by atoms with Crippen LogP contribution >= 0.6 is 15.9 Å². The minimum absolute atomic E-state index is 0.111. The Kier molecular flexibility index (Phi) is 4.18. The van der Waals surface area contributed by atoms with Crippen LogP contribution in [0.15, 0.2) is 40.9 Å². The maximum atomic E-state index is 13.3. The van der Waals surface area contributed by atoms with Crippen LogP contribution in [0.3, 0.4) is 0 Å². The molecule has 2 rings (SSSR count). The molecule has 0 radical (unpaired) electrons. The predicted octanol–water partition coefficient (Wildman–Crippen LogP) is 5.15. The average Bonchev–Trinajstić information content (AvgIpc) is 2.35. The fraction of sp³-hybridized carbons (Fsp3) is 0.133. The number of hydrogen-bond donors (Lipinski definition) is 0. The van der Waals surface area contributed by atoms with Crippen molar-refractivity contribution < 1.29 is 22.4 Å². The largest absolute Gasteiger partial charge is 0.417 e. The molecule has 0 fully saturated rings. The molecule has 2 aromatic carbocycles. The summed E-state index contributed by atoms with van der Waals surface area (Å²) in [5, 5.41) is 0. The van der Waals surface area contributed by atoms with E-state index < -0.39 is 28.9 Å². The fourth-order valence-corrected chi connectivity index (χ4v) is 2.33. The van der Waals surface area contributed by atoms with Gasteiger partial charge in [0.15, 0.2) is 5.78 Å². The van der Waals surface area contributed by atoms with Gasteiger partial charge in [0.2, 0.25) is 0 Å². The third-order valence-corrected chi connectivity index (χ3v) is 3.33. The highest BCUT2D eigenvalue weighted by Crippen LogP contribution is 2.35. The quantitative estimate of drug-likeness (QED) is 0.534. The number of hydrogen-bond acceptors (Lipinski definition) is 1. The van der Waals surface area contributed by atoms with Crippen molar-refractivity contribution in [3.05, 3.63) is 68.9 Å². The Morgan fingerprint density at radius 1 is 1.10 bits per heavy atom. The summed E-state index contributed by atoms with van der Waals surface area (Å²) in [7, 11) is 0. The van der Waals surface area contributed by atoms with Crippen LogP contribution in [0.5, 0.6) is 0 Å². The topological polar surface area (TPSA) is 17.1 Å². The Morgan fingerprint density at radius 2 is 1.76 bits per heavy atom. The molecule has 21 heavy (non-hydrogen) atoms. The second-order valence-corrected chi connectivity index (χ2v) is 5.45. The van der Waals surface area contributed by atoms with Gasteiger partial charge in [0, 0.05) is 15.6 Å². The van der Waals surface area contributed by atoms with Crippen LogP contribution in [0.1, 0.15) is 27.0 Å². The molecule has 6 heteroatoms. The molecule has 0 amide bonds. The summed E-state index contributed by atoms with van der Waals surface area (Å²) in [6.07, 6.45) is -4.67. The average molecular weight is 361 g/mol. The molecule has 0 atom stereocenters. The summed E-state index contributed by atoms with van der Waals surface area (Å²) in [5.74, 6) is -1.53. The standard InChI is InChI=1S/C15H9BrF4O/c1-8-4-9(6-11(17)5-8)14(21)12-3-2-10(16)7-13(12)15(18,19)20/h2-7H,1H3. The Hall–Kier alpha value is -1.69. The lowest BCUT2D eigenvalue weighted by molar-refractivity contribution is -0.137. The maximum absolute atomic E-state index is 13.3. The smallest absolute Gasteiger partial charge is 0.289 e. The zero-order valence-electron chi connectivity index (χ0n) is 10.8. The molecule has 0 aliphatic carbocycles. The Balaban J connectivity index is 2.58. The molecule has 110 valence electrons. The van der Waals surface area contributed by atoms with Crippen LogP contribution in [-0.4, -0.2) is 5.78 Å². The van der Waals surface area contributed by atoms with Gasteiger partial charge in [0.25, 0.3) is 0 Å². The molecule has 0 heterocycles. The van der Waals surface area contributed by atoms with Crippen LogP contribution in [-0.2, 0) is 6.18 Å². The first kappa shape index (κ1) is 15.7. The highest BCUT2D eigenvalue weighted by atomic mass is 79.9. The van der Waals surface area contributed by atoms with Gasteiger partial charge in [0.05, 0.1) is 5.56 Å². The SMILES string of the molecule is Cc1cc(F)cc(C(=O)c2ccc(Br)cc2C(F)(F)F)c1. The van der Waals surface area contributed by atoms with Gasteiger partial charge in [-0.05, 0) is 48.9 Å². The zero-order valence-corrected chi connectivity index (χ0v) is 12.3. The van der Waals surface area contributed by atoms with E-state index in [9.17, 15) is 22.4 Å². The Labute approximate surface area is 126 Å². The van der Waals surface area contributed by atoms with Gasteiger partial charge in [-0.25, -0.2) is 4.39 Å². The van der Waals surface area contributed by atoms with Crippen molar-refractivity contribution in [1.29, 1.82) is 0 Å². The summed E-state index contributed by atoms with van der Waals surface area (Å²) in [6.45, 7) is 1.56. The first-order chi connectivity index (χ1) is 9.68. The third kappa shape index (κ3) is 3.50. The molecule has 0 aliphatic heterocycles. The van der Waals surface area contributed by atoms with E-state index in [0.29, 0.717) is 5.56 Å². The number of alkyl halides is 3. The number of carbonyl (C=O) groups is 1. The van der Waals surface area contributed by atoms with Gasteiger partial charge >= 0.3 is 6.18 Å². The lowest BCUT2D eigenvalue weighted by atomic mass is 9.97. The molecule has 0 bridgehead atoms. The van der Waals surface area contributed by atoms with Gasteiger partial charge in [-0.3, -0.25) is 4.79 Å². The summed E-state index contributed by atoms with van der Waals surface area (Å²) in [4.78, 5) is 12.2. The molecule has 0 spiro atoms. The zero-order chi connectivity index (χ0) is 15.8. The van der Waals surface area contributed by atoms with Crippen molar-refractivity contribution in [2.24, 2.45) is 0 Å². The van der Waals surface area contributed by atoms with Gasteiger partial charge in [-0.1, -0.05) is 15.9 Å². The number of halogens is 5. The lowest BCUT2D eigenvalue weighted by Crippen LogP contribution is -2.14. The molecular weight excluding hydrogens is 352 g/mol. The first-order valence-electron chi connectivity index (χ1n) is 5.87. The second kappa shape index (κ2) is 5.60. The van der Waals surface area contributed by atoms with E-state index in [-0.39, 0.29) is 10.0 Å². The molecule has 0 N–H and O–H groups in total. The van der Waals surface area contributed by atoms with E-state index in [4.69, 9.17) is 0 Å². The molecule has 0 aromatic heterocycles. The van der Waals surface area contributed by atoms with Crippen molar-refractivity contribution in [3.8, 4) is 0 Å². The number of rotatable bonds is 2. The van der Waals surface area contributed by atoms with E-state index in [1.54, 1.807) is 6.92 Å². The van der Waals surface area contributed by atoms with Gasteiger partial charge in [0.1, 0.15) is 5.82 Å². The molecular formula is C15H9BrF4O. The summed E-state index contributed by atoms with van der Waals surface area (Å²) >= 11 is 2.95. The summed E-state index contributed by atoms with van der Waals surface area (Å²) in [6, 6.07) is 6.73. The van der Waals surface area contributed by atoms with E-state index in [2.05, 4.69) is 15.9 Å². The van der Waals surface area contributed by atoms with Crippen LogP contribution in [0.4, 0.5) is 17.6 Å². The van der Waals surface area contributed by atoms with Crippen molar-refractivity contribution in [2.75, 3.05) is 0 Å². The van der Waals surface area contributed by atoms with Gasteiger partial charge < -0.3 is 0 Å². The number of benzene rings is 2. The molecule has 0 aliphatic rings. The third-order valence-electron chi connectivity index (χ3n) is 2.84. The maximum Gasteiger partial charge on any atom is 0.417 e. The van der Waals surface area contributed by atoms with Crippen LogP contribution in [0.25, 0.3) is 0 Å². The lowest BCUT2D eigenvalue weighted by Gasteiger charge is -2.13. The molecule has 0 unspecified atom stereocenters. The highest BCUT2D eigenvalue weighted by molar-refractivity contribution is 9.10. The number of aryl methyl sites for hydroxylation is 1. The van der Waals surface area contributed by atoms with Crippen LogP contribution in [0.2, 0.25) is 0 Å². The minimum Gasteiger partial charge on any atom is -0.289 e. The van der Waals surface area contributed by atoms with Crippen molar-refractivity contribution in [2.45, 2.75) is 13.1 Å². The van der Waals surface area contributed by atoms with E-state index >= 15 is 0 Å². The number of carbonyl (C=O) groups excluding carboxylic acids is 1. The van der Waals surface area contributed by atoms with E-state index in [1.807, 2.05) is 0 Å².